The zero-order valence-corrected chi connectivity index (χ0v) is 22.3. The molecule has 9 nitrogen and oxygen atoms in total. The average molecular weight is 547 g/mol. The van der Waals surface area contributed by atoms with E-state index < -0.39 is 16.0 Å². The van der Waals surface area contributed by atoms with Gasteiger partial charge in [-0.05, 0) is 59.5 Å². The molecular formula is C29H30N4O5S. The third kappa shape index (κ3) is 7.62. The average Bonchev–Trinajstić information content (AvgIpc) is 2.96. The molecule has 2 aromatic heterocycles. The highest BCUT2D eigenvalue weighted by Crippen LogP contribution is 2.26. The fourth-order valence-corrected chi connectivity index (χ4v) is 5.19. The first-order valence-electron chi connectivity index (χ1n) is 12.5. The standard InChI is InChI=1S/C29H30N4O5S/c1-2-17-38-26-9-5-7-24(18-26)23-14-12-22(13-15-23)20-33(39(36,37)28-11-3-4-16-30-28)21-25-8-6-10-27(32-25)31-19-29(34)35/h3-16,18H,2,17,19-21H2,1H3,(H,31,32)(H,34,35). The molecule has 2 aromatic carbocycles. The van der Waals surface area contributed by atoms with E-state index in [1.165, 1.54) is 16.6 Å². The maximum absolute atomic E-state index is 13.6. The van der Waals surface area contributed by atoms with Gasteiger partial charge in [0, 0.05) is 12.7 Å². The van der Waals surface area contributed by atoms with Crippen LogP contribution in [0.2, 0.25) is 0 Å². The predicted octanol–water partition coefficient (Wildman–Crippen LogP) is 4.82. The Labute approximate surface area is 228 Å². The molecule has 0 spiro atoms. The van der Waals surface area contributed by atoms with Crippen molar-refractivity contribution in [2.75, 3.05) is 18.5 Å². The van der Waals surface area contributed by atoms with Crippen LogP contribution in [0.1, 0.15) is 24.6 Å². The van der Waals surface area contributed by atoms with Crippen molar-refractivity contribution in [3.8, 4) is 16.9 Å². The summed E-state index contributed by atoms with van der Waals surface area (Å²) in [5, 5.41) is 11.6. The minimum Gasteiger partial charge on any atom is -0.494 e. The van der Waals surface area contributed by atoms with E-state index in [2.05, 4.69) is 22.2 Å². The lowest BCUT2D eigenvalue weighted by atomic mass is 10.0. The summed E-state index contributed by atoms with van der Waals surface area (Å²) in [6, 6.07) is 25.3. The molecule has 2 N–H and O–H groups in total. The number of carboxylic acids is 1. The Morgan fingerprint density at radius 3 is 2.46 bits per heavy atom. The Bertz CT molecular complexity index is 1500. The summed E-state index contributed by atoms with van der Waals surface area (Å²) in [5.74, 6) is 0.128. The number of benzene rings is 2. The topological polar surface area (TPSA) is 122 Å². The van der Waals surface area contributed by atoms with Gasteiger partial charge in [-0.3, -0.25) is 4.79 Å². The highest BCUT2D eigenvalue weighted by atomic mass is 32.2. The van der Waals surface area contributed by atoms with Crippen LogP contribution < -0.4 is 10.1 Å². The summed E-state index contributed by atoms with van der Waals surface area (Å²) in [5.41, 5.74) is 3.24. The maximum atomic E-state index is 13.6. The summed E-state index contributed by atoms with van der Waals surface area (Å²) < 4.78 is 34.2. The Balaban J connectivity index is 1.58. The second kappa shape index (κ2) is 13.0. The number of nitrogens with one attached hydrogen (secondary N) is 1. The second-order valence-electron chi connectivity index (χ2n) is 8.78. The molecule has 0 fully saturated rings. The van der Waals surface area contributed by atoms with E-state index >= 15 is 0 Å². The number of carbonyl (C=O) groups is 1. The number of anilines is 1. The van der Waals surface area contributed by atoms with Gasteiger partial charge in [0.15, 0.2) is 5.03 Å². The molecule has 0 aliphatic heterocycles. The van der Waals surface area contributed by atoms with Crippen LogP contribution in [0.4, 0.5) is 5.82 Å². The molecule has 0 saturated carbocycles. The molecule has 0 aliphatic rings. The fraction of sp³-hybridized carbons (Fsp3) is 0.207. The molecule has 39 heavy (non-hydrogen) atoms. The fourth-order valence-electron chi connectivity index (χ4n) is 3.86. The lowest BCUT2D eigenvalue weighted by molar-refractivity contribution is -0.134. The monoisotopic (exact) mass is 546 g/mol. The molecule has 0 bridgehead atoms. The number of pyridine rings is 2. The first-order chi connectivity index (χ1) is 18.8. The minimum atomic E-state index is -3.96. The molecule has 202 valence electrons. The van der Waals surface area contributed by atoms with Crippen LogP contribution in [0, 0.1) is 0 Å². The smallest absolute Gasteiger partial charge is 0.322 e. The lowest BCUT2D eigenvalue weighted by Gasteiger charge is -2.22. The van der Waals surface area contributed by atoms with E-state index in [1.54, 1.807) is 30.3 Å². The van der Waals surface area contributed by atoms with Crippen LogP contribution in [0.5, 0.6) is 5.75 Å². The molecule has 0 atom stereocenters. The van der Waals surface area contributed by atoms with E-state index in [-0.39, 0.29) is 24.7 Å². The molecule has 0 amide bonds. The third-order valence-corrected chi connectivity index (χ3v) is 7.47. The molecule has 0 aliphatic carbocycles. The number of aliphatic carboxylic acids is 1. The van der Waals surface area contributed by atoms with Crippen LogP contribution in [0.15, 0.2) is 96.2 Å². The van der Waals surface area contributed by atoms with Gasteiger partial charge in [-0.2, -0.15) is 4.31 Å². The Morgan fingerprint density at radius 2 is 1.74 bits per heavy atom. The number of hydrogen-bond donors (Lipinski definition) is 2. The zero-order valence-electron chi connectivity index (χ0n) is 21.5. The number of nitrogens with zero attached hydrogens (tertiary/aromatic N) is 3. The van der Waals surface area contributed by atoms with Gasteiger partial charge < -0.3 is 15.2 Å². The number of sulfonamides is 1. The van der Waals surface area contributed by atoms with Crippen LogP contribution >= 0.6 is 0 Å². The van der Waals surface area contributed by atoms with Gasteiger partial charge in [-0.25, -0.2) is 18.4 Å². The van der Waals surface area contributed by atoms with Crippen molar-refractivity contribution in [3.63, 3.8) is 0 Å². The molecule has 2 heterocycles. The van der Waals surface area contributed by atoms with Crippen LogP contribution in [0.25, 0.3) is 11.1 Å². The number of ether oxygens (including phenoxy) is 1. The second-order valence-corrected chi connectivity index (χ2v) is 10.7. The SMILES string of the molecule is CCCOc1cccc(-c2ccc(CN(Cc3cccc(NCC(=O)O)n3)S(=O)(=O)c3ccccn3)cc2)c1. The summed E-state index contributed by atoms with van der Waals surface area (Å²) in [4.78, 5) is 19.4. The first-order valence-corrected chi connectivity index (χ1v) is 13.9. The van der Waals surface area contributed by atoms with E-state index in [4.69, 9.17) is 9.84 Å². The molecule has 4 rings (SSSR count). The number of hydrogen-bond acceptors (Lipinski definition) is 7. The maximum Gasteiger partial charge on any atom is 0.322 e. The minimum absolute atomic E-state index is 0.0277. The Morgan fingerprint density at radius 1 is 0.949 bits per heavy atom. The molecular weight excluding hydrogens is 516 g/mol. The molecule has 4 aromatic rings. The van der Waals surface area contributed by atoms with Crippen molar-refractivity contribution in [1.82, 2.24) is 14.3 Å². The van der Waals surface area contributed by atoms with Crippen LogP contribution in [-0.2, 0) is 27.9 Å². The highest BCUT2D eigenvalue weighted by molar-refractivity contribution is 7.89. The molecule has 0 saturated heterocycles. The largest absolute Gasteiger partial charge is 0.494 e. The van der Waals surface area contributed by atoms with Gasteiger partial charge in [-0.1, -0.05) is 55.5 Å². The number of carboxylic acid groups (broad SMARTS) is 1. The Hall–Kier alpha value is -4.28. The third-order valence-electron chi connectivity index (χ3n) is 5.76. The van der Waals surface area contributed by atoms with Gasteiger partial charge in [-0.15, -0.1) is 0 Å². The highest BCUT2D eigenvalue weighted by Gasteiger charge is 2.26. The van der Waals surface area contributed by atoms with Crippen molar-refractivity contribution >= 4 is 21.8 Å². The van der Waals surface area contributed by atoms with Crippen LogP contribution in [0.3, 0.4) is 0 Å². The summed E-state index contributed by atoms with van der Waals surface area (Å²) in [7, 11) is -3.96. The van der Waals surface area contributed by atoms with Crippen molar-refractivity contribution in [2.45, 2.75) is 31.5 Å². The van der Waals surface area contributed by atoms with Crippen LogP contribution in [-0.4, -0.2) is 46.9 Å². The molecule has 0 unspecified atom stereocenters. The van der Waals surface area contributed by atoms with Crippen molar-refractivity contribution in [2.24, 2.45) is 0 Å². The predicted molar refractivity (Wildman–Crippen MR) is 149 cm³/mol. The van der Waals surface area contributed by atoms with Crippen molar-refractivity contribution < 1.29 is 23.1 Å². The van der Waals surface area contributed by atoms with Gasteiger partial charge in [0.2, 0.25) is 0 Å². The molecule has 0 radical (unpaired) electrons. The summed E-state index contributed by atoms with van der Waals surface area (Å²) >= 11 is 0. The summed E-state index contributed by atoms with van der Waals surface area (Å²) in [6.07, 6.45) is 2.36. The van der Waals surface area contributed by atoms with Crippen molar-refractivity contribution in [3.05, 3.63) is 102 Å². The number of rotatable bonds is 13. The van der Waals surface area contributed by atoms with E-state index in [0.29, 0.717) is 18.1 Å². The van der Waals surface area contributed by atoms with Crippen molar-refractivity contribution in [1.29, 1.82) is 0 Å². The van der Waals surface area contributed by atoms with Gasteiger partial charge >= 0.3 is 5.97 Å². The molecule has 10 heteroatoms. The van der Waals surface area contributed by atoms with E-state index in [1.807, 2.05) is 48.5 Å². The summed E-state index contributed by atoms with van der Waals surface area (Å²) in [6.45, 7) is 2.47. The Kier molecular flexibility index (Phi) is 9.24. The van der Waals surface area contributed by atoms with E-state index in [0.717, 1.165) is 28.9 Å². The van der Waals surface area contributed by atoms with Gasteiger partial charge in [0.25, 0.3) is 10.0 Å². The van der Waals surface area contributed by atoms with E-state index in [9.17, 15) is 13.2 Å². The number of aromatic nitrogens is 2. The van der Waals surface area contributed by atoms with Gasteiger partial charge in [0.1, 0.15) is 18.1 Å². The first kappa shape index (κ1) is 27.7. The normalized spacial score (nSPS) is 11.3. The van der Waals surface area contributed by atoms with Gasteiger partial charge in [0.05, 0.1) is 18.8 Å². The quantitative estimate of drug-likeness (QED) is 0.245. The lowest BCUT2D eigenvalue weighted by Crippen LogP contribution is -2.31. The zero-order chi connectivity index (χ0) is 27.7.